The van der Waals surface area contributed by atoms with E-state index in [1.807, 2.05) is 11.9 Å². The van der Waals surface area contributed by atoms with Crippen LogP contribution in [0.3, 0.4) is 0 Å². The first kappa shape index (κ1) is 15.9. The van der Waals surface area contributed by atoms with Crippen molar-refractivity contribution in [2.75, 3.05) is 20.7 Å². The summed E-state index contributed by atoms with van der Waals surface area (Å²) in [6.45, 7) is 1.06. The van der Waals surface area contributed by atoms with Crippen LogP contribution in [0.1, 0.15) is 18.4 Å². The zero-order valence-corrected chi connectivity index (χ0v) is 11.5. The van der Waals surface area contributed by atoms with Crippen LogP contribution in [0.25, 0.3) is 0 Å². The lowest BCUT2D eigenvalue weighted by molar-refractivity contribution is -0.384. The van der Waals surface area contributed by atoms with E-state index in [0.29, 0.717) is 30.8 Å². The highest BCUT2D eigenvalue weighted by Gasteiger charge is 2.13. The highest BCUT2D eigenvalue weighted by Crippen LogP contribution is 2.25. The maximum atomic E-state index is 10.8. The van der Waals surface area contributed by atoms with Gasteiger partial charge in [-0.2, -0.15) is 0 Å². The molecular weight excluding hydrogens is 264 g/mol. The second-order valence-corrected chi connectivity index (χ2v) is 4.49. The molecule has 0 radical (unpaired) electrons. The number of hydrogen-bond acceptors (Lipinski definition) is 5. The van der Waals surface area contributed by atoms with E-state index in [9.17, 15) is 14.9 Å². The Labute approximate surface area is 116 Å². The van der Waals surface area contributed by atoms with Gasteiger partial charge in [0.1, 0.15) is 5.75 Å². The van der Waals surface area contributed by atoms with Crippen LogP contribution in [0.4, 0.5) is 5.69 Å². The number of nitro groups is 1. The Kier molecular flexibility index (Phi) is 5.92. The molecule has 0 aliphatic heterocycles. The summed E-state index contributed by atoms with van der Waals surface area (Å²) in [4.78, 5) is 22.7. The summed E-state index contributed by atoms with van der Waals surface area (Å²) < 4.78 is 5.18. The monoisotopic (exact) mass is 282 g/mol. The average Bonchev–Trinajstić information content (AvgIpc) is 2.38. The molecule has 0 spiro atoms. The molecular formula is C13H18N2O5. The Morgan fingerprint density at radius 3 is 2.75 bits per heavy atom. The zero-order valence-electron chi connectivity index (χ0n) is 11.5. The minimum Gasteiger partial charge on any atom is -0.496 e. The Balaban J connectivity index is 2.71. The van der Waals surface area contributed by atoms with Crippen molar-refractivity contribution in [3.63, 3.8) is 0 Å². The fourth-order valence-electron chi connectivity index (χ4n) is 1.87. The van der Waals surface area contributed by atoms with Crippen LogP contribution in [0.15, 0.2) is 18.2 Å². The quantitative estimate of drug-likeness (QED) is 0.578. The summed E-state index contributed by atoms with van der Waals surface area (Å²) in [7, 11) is 3.34. The molecule has 1 rings (SSSR count). The summed E-state index contributed by atoms with van der Waals surface area (Å²) in [5, 5.41) is 19.4. The summed E-state index contributed by atoms with van der Waals surface area (Å²) in [5.41, 5.74) is 0.722. The summed E-state index contributed by atoms with van der Waals surface area (Å²) in [6.07, 6.45) is 0.638. The van der Waals surface area contributed by atoms with E-state index in [1.54, 1.807) is 6.07 Å². The first-order valence-electron chi connectivity index (χ1n) is 6.15. The molecule has 0 unspecified atom stereocenters. The van der Waals surface area contributed by atoms with E-state index in [2.05, 4.69) is 0 Å². The highest BCUT2D eigenvalue weighted by atomic mass is 16.6. The number of hydrogen-bond donors (Lipinski definition) is 1. The molecule has 0 heterocycles. The van der Waals surface area contributed by atoms with Crippen molar-refractivity contribution >= 4 is 11.7 Å². The largest absolute Gasteiger partial charge is 0.496 e. The Bertz CT molecular complexity index is 490. The van der Waals surface area contributed by atoms with E-state index in [4.69, 9.17) is 9.84 Å². The maximum Gasteiger partial charge on any atom is 0.303 e. The number of carboxylic acid groups (broad SMARTS) is 1. The minimum absolute atomic E-state index is 0.0136. The lowest BCUT2D eigenvalue weighted by atomic mass is 10.1. The molecule has 0 saturated carbocycles. The third-order valence-corrected chi connectivity index (χ3v) is 2.85. The SMILES string of the molecule is COc1ccc([N+](=O)[O-])cc1CN(C)CCCC(=O)O. The van der Waals surface area contributed by atoms with Gasteiger partial charge in [-0.25, -0.2) is 0 Å². The molecule has 0 atom stereocenters. The number of nitrogens with zero attached hydrogens (tertiary/aromatic N) is 2. The third kappa shape index (κ3) is 4.85. The molecule has 0 amide bonds. The average molecular weight is 282 g/mol. The van der Waals surface area contributed by atoms with Gasteiger partial charge in [-0.3, -0.25) is 14.9 Å². The molecule has 0 bridgehead atoms. The van der Waals surface area contributed by atoms with E-state index >= 15 is 0 Å². The highest BCUT2D eigenvalue weighted by molar-refractivity contribution is 5.66. The van der Waals surface area contributed by atoms with Crippen LogP contribution < -0.4 is 4.74 Å². The fourth-order valence-corrected chi connectivity index (χ4v) is 1.87. The van der Waals surface area contributed by atoms with Gasteiger partial charge in [-0.15, -0.1) is 0 Å². The van der Waals surface area contributed by atoms with Crippen LogP contribution >= 0.6 is 0 Å². The number of non-ortho nitro benzene ring substituents is 1. The lowest BCUT2D eigenvalue weighted by Crippen LogP contribution is -2.20. The van der Waals surface area contributed by atoms with Gasteiger partial charge in [0.25, 0.3) is 5.69 Å². The molecule has 0 aromatic heterocycles. The fraction of sp³-hybridized carbons (Fsp3) is 0.462. The number of rotatable bonds is 8. The Hall–Kier alpha value is -2.15. The summed E-state index contributed by atoms with van der Waals surface area (Å²) >= 11 is 0. The molecule has 1 aromatic rings. The smallest absolute Gasteiger partial charge is 0.303 e. The molecule has 0 aliphatic carbocycles. The van der Waals surface area contributed by atoms with Crippen molar-refractivity contribution < 1.29 is 19.6 Å². The van der Waals surface area contributed by atoms with Gasteiger partial charge in [0, 0.05) is 30.7 Å². The van der Waals surface area contributed by atoms with Crippen molar-refractivity contribution in [3.05, 3.63) is 33.9 Å². The number of carboxylic acids is 1. The molecule has 1 N–H and O–H groups in total. The van der Waals surface area contributed by atoms with Crippen molar-refractivity contribution in [2.45, 2.75) is 19.4 Å². The molecule has 0 fully saturated rings. The lowest BCUT2D eigenvalue weighted by Gasteiger charge is -2.17. The number of carbonyl (C=O) groups is 1. The van der Waals surface area contributed by atoms with E-state index < -0.39 is 10.9 Å². The van der Waals surface area contributed by atoms with Gasteiger partial charge < -0.3 is 14.7 Å². The van der Waals surface area contributed by atoms with Crippen molar-refractivity contribution in [3.8, 4) is 5.75 Å². The van der Waals surface area contributed by atoms with Gasteiger partial charge in [-0.05, 0) is 26.1 Å². The van der Waals surface area contributed by atoms with Gasteiger partial charge in [0.15, 0.2) is 0 Å². The second-order valence-electron chi connectivity index (χ2n) is 4.49. The van der Waals surface area contributed by atoms with Gasteiger partial charge in [-0.1, -0.05) is 0 Å². The van der Waals surface area contributed by atoms with Crippen LogP contribution in [0.5, 0.6) is 5.75 Å². The second kappa shape index (κ2) is 7.44. The van der Waals surface area contributed by atoms with Crippen LogP contribution in [0, 0.1) is 10.1 Å². The third-order valence-electron chi connectivity index (χ3n) is 2.85. The van der Waals surface area contributed by atoms with E-state index in [0.717, 1.165) is 0 Å². The number of nitro benzene ring substituents is 1. The van der Waals surface area contributed by atoms with E-state index in [1.165, 1.54) is 19.2 Å². The molecule has 7 nitrogen and oxygen atoms in total. The number of benzene rings is 1. The standard InChI is InChI=1S/C13H18N2O5/c1-14(7-3-4-13(16)17)9-10-8-11(15(18)19)5-6-12(10)20-2/h5-6,8H,3-4,7,9H2,1-2H3,(H,16,17). The molecule has 7 heteroatoms. The van der Waals surface area contributed by atoms with Crippen LogP contribution in [0.2, 0.25) is 0 Å². The normalized spacial score (nSPS) is 10.6. The Morgan fingerprint density at radius 1 is 1.50 bits per heavy atom. The van der Waals surface area contributed by atoms with Crippen molar-refractivity contribution in [1.29, 1.82) is 0 Å². The van der Waals surface area contributed by atoms with Gasteiger partial charge in [0.05, 0.1) is 12.0 Å². The van der Waals surface area contributed by atoms with Crippen molar-refractivity contribution in [2.24, 2.45) is 0 Å². The number of aliphatic carboxylic acids is 1. The summed E-state index contributed by atoms with van der Waals surface area (Å²) in [5.74, 6) is -0.244. The van der Waals surface area contributed by atoms with E-state index in [-0.39, 0.29) is 12.1 Å². The van der Waals surface area contributed by atoms with Crippen molar-refractivity contribution in [1.82, 2.24) is 4.90 Å². The topological polar surface area (TPSA) is 92.9 Å². The summed E-state index contributed by atoms with van der Waals surface area (Å²) in [6, 6.07) is 4.44. The van der Waals surface area contributed by atoms with Gasteiger partial charge in [0.2, 0.25) is 0 Å². The number of ether oxygens (including phenoxy) is 1. The first-order valence-corrected chi connectivity index (χ1v) is 6.15. The molecule has 1 aromatic carbocycles. The Morgan fingerprint density at radius 2 is 2.20 bits per heavy atom. The molecule has 0 aliphatic rings. The zero-order chi connectivity index (χ0) is 15.1. The predicted molar refractivity (Wildman–Crippen MR) is 72.9 cm³/mol. The minimum atomic E-state index is -0.827. The predicted octanol–water partition coefficient (Wildman–Crippen LogP) is 1.90. The molecule has 20 heavy (non-hydrogen) atoms. The maximum absolute atomic E-state index is 10.8. The molecule has 110 valence electrons. The van der Waals surface area contributed by atoms with Crippen LogP contribution in [-0.2, 0) is 11.3 Å². The van der Waals surface area contributed by atoms with Gasteiger partial charge >= 0.3 is 5.97 Å². The first-order chi connectivity index (χ1) is 9.43. The van der Waals surface area contributed by atoms with Crippen LogP contribution in [-0.4, -0.2) is 41.6 Å². The molecule has 0 saturated heterocycles. The number of methoxy groups -OCH3 is 1.